The number of carbonyl (C=O) groups is 2. The molecule has 3 aromatic carbocycles. The maximum atomic E-state index is 13.0. The molecule has 4 aromatic rings. The summed E-state index contributed by atoms with van der Waals surface area (Å²) in [6.07, 6.45) is 0.789. The number of furan rings is 1. The van der Waals surface area contributed by atoms with Crippen molar-refractivity contribution in [2.45, 2.75) is 49.6 Å². The van der Waals surface area contributed by atoms with E-state index in [9.17, 15) is 23.1 Å². The highest BCUT2D eigenvalue weighted by atomic mass is 32.2. The molecule has 4 rings (SSSR count). The minimum Gasteiger partial charge on any atom is -0.481 e. The third-order valence-electron chi connectivity index (χ3n) is 6.16. The van der Waals surface area contributed by atoms with Crippen LogP contribution in [0.3, 0.4) is 0 Å². The van der Waals surface area contributed by atoms with Crippen molar-refractivity contribution in [2.75, 3.05) is 6.54 Å². The molecule has 1 amide bonds. The Hall–Kier alpha value is -3.89. The summed E-state index contributed by atoms with van der Waals surface area (Å²) in [5.41, 5.74) is 1.18. The molecule has 0 aliphatic carbocycles. The van der Waals surface area contributed by atoms with Gasteiger partial charge in [0, 0.05) is 17.3 Å². The molecule has 0 aliphatic heterocycles. The van der Waals surface area contributed by atoms with E-state index in [0.717, 1.165) is 5.39 Å². The second-order valence-corrected chi connectivity index (χ2v) is 10.6. The molecule has 3 N–H and O–H groups in total. The fourth-order valence-corrected chi connectivity index (χ4v) is 5.39. The molecule has 0 saturated carbocycles. The SMILES string of the molecule is CCC(Oc1ccccc1)C(=O)NCCCCC(NS(=O)(=O)c1ccc2oc3ccccc3c2c1)C(=O)O. The standard InChI is InChI=1S/C28H30N2O7S/c1-2-24(36-19-10-4-3-5-11-19)27(31)29-17-9-8-13-23(28(32)33)30-38(34,35)20-15-16-26-22(18-20)21-12-6-7-14-25(21)37-26/h3-7,10-12,14-16,18,23-24,30H,2,8-9,13,17H2,1H3,(H,29,31)(H,32,33). The first-order valence-corrected chi connectivity index (χ1v) is 13.9. The average molecular weight is 539 g/mol. The summed E-state index contributed by atoms with van der Waals surface area (Å²) in [4.78, 5) is 24.2. The minimum absolute atomic E-state index is 0.0425. The molecule has 0 saturated heterocycles. The highest BCUT2D eigenvalue weighted by molar-refractivity contribution is 7.89. The van der Waals surface area contributed by atoms with E-state index in [1.54, 1.807) is 24.3 Å². The van der Waals surface area contributed by atoms with Gasteiger partial charge in [-0.25, -0.2) is 8.42 Å². The highest BCUT2D eigenvalue weighted by Gasteiger charge is 2.26. The first-order valence-electron chi connectivity index (χ1n) is 12.4. The van der Waals surface area contributed by atoms with Crippen LogP contribution in [0.4, 0.5) is 0 Å². The molecular weight excluding hydrogens is 508 g/mol. The van der Waals surface area contributed by atoms with Gasteiger partial charge in [-0.1, -0.05) is 43.3 Å². The van der Waals surface area contributed by atoms with Gasteiger partial charge in [0.25, 0.3) is 5.91 Å². The van der Waals surface area contributed by atoms with Crippen molar-refractivity contribution in [3.05, 3.63) is 72.8 Å². The smallest absolute Gasteiger partial charge is 0.321 e. The zero-order valence-electron chi connectivity index (χ0n) is 20.9. The molecule has 0 radical (unpaired) electrons. The number of carboxylic acids is 1. The molecule has 0 spiro atoms. The van der Waals surface area contributed by atoms with Crippen LogP contribution in [0.15, 0.2) is 82.1 Å². The van der Waals surface area contributed by atoms with Crippen LogP contribution in [0.5, 0.6) is 5.75 Å². The van der Waals surface area contributed by atoms with Crippen molar-refractivity contribution in [3.8, 4) is 5.75 Å². The molecule has 2 unspecified atom stereocenters. The predicted molar refractivity (Wildman–Crippen MR) is 143 cm³/mol. The molecular formula is C28H30N2O7S. The van der Waals surface area contributed by atoms with Crippen molar-refractivity contribution in [1.29, 1.82) is 0 Å². The van der Waals surface area contributed by atoms with Gasteiger partial charge in [-0.15, -0.1) is 0 Å². The quantitative estimate of drug-likeness (QED) is 0.214. The zero-order chi connectivity index (χ0) is 27.1. The van der Waals surface area contributed by atoms with Crippen LogP contribution >= 0.6 is 0 Å². The Balaban J connectivity index is 1.31. The van der Waals surface area contributed by atoms with E-state index < -0.39 is 28.1 Å². The van der Waals surface area contributed by atoms with E-state index in [1.807, 2.05) is 43.3 Å². The topological polar surface area (TPSA) is 135 Å². The number of hydrogen-bond acceptors (Lipinski definition) is 6. The summed E-state index contributed by atoms with van der Waals surface area (Å²) in [5.74, 6) is -0.921. The van der Waals surface area contributed by atoms with Gasteiger partial charge in [0.05, 0.1) is 4.90 Å². The molecule has 10 heteroatoms. The Morgan fingerprint density at radius 3 is 2.39 bits per heavy atom. The van der Waals surface area contributed by atoms with Gasteiger partial charge >= 0.3 is 5.97 Å². The maximum Gasteiger partial charge on any atom is 0.321 e. The molecule has 2 atom stereocenters. The molecule has 38 heavy (non-hydrogen) atoms. The Bertz CT molecular complexity index is 1520. The van der Waals surface area contributed by atoms with Gasteiger partial charge in [-0.05, 0) is 62.1 Å². The number of unbranched alkanes of at least 4 members (excludes halogenated alkanes) is 1. The Morgan fingerprint density at radius 1 is 0.947 bits per heavy atom. The van der Waals surface area contributed by atoms with E-state index in [1.165, 1.54) is 12.1 Å². The van der Waals surface area contributed by atoms with Gasteiger partial charge in [-0.3, -0.25) is 9.59 Å². The number of aliphatic carboxylic acids is 1. The largest absolute Gasteiger partial charge is 0.481 e. The number of para-hydroxylation sites is 2. The van der Waals surface area contributed by atoms with Crippen molar-refractivity contribution < 1.29 is 32.3 Å². The Kier molecular flexibility index (Phi) is 8.65. The summed E-state index contributed by atoms with van der Waals surface area (Å²) in [6.45, 7) is 2.17. The lowest BCUT2D eigenvalue weighted by molar-refractivity contribution is -0.139. The fourth-order valence-electron chi connectivity index (χ4n) is 4.14. The third kappa shape index (κ3) is 6.51. The number of carboxylic acid groups (broad SMARTS) is 1. The van der Waals surface area contributed by atoms with Crippen molar-refractivity contribution in [2.24, 2.45) is 0 Å². The number of benzene rings is 3. The summed E-state index contributed by atoms with van der Waals surface area (Å²) in [7, 11) is -4.10. The van der Waals surface area contributed by atoms with Crippen LogP contribution in [0.1, 0.15) is 32.6 Å². The lowest BCUT2D eigenvalue weighted by atomic mass is 10.1. The van der Waals surface area contributed by atoms with Gasteiger partial charge in [-0.2, -0.15) is 4.72 Å². The number of nitrogens with one attached hydrogen (secondary N) is 2. The van der Waals surface area contributed by atoms with Crippen LogP contribution in [-0.2, 0) is 19.6 Å². The lowest BCUT2D eigenvalue weighted by Crippen LogP contribution is -2.41. The third-order valence-corrected chi connectivity index (χ3v) is 7.63. The highest BCUT2D eigenvalue weighted by Crippen LogP contribution is 2.30. The summed E-state index contributed by atoms with van der Waals surface area (Å²) in [5, 5.41) is 13.8. The first kappa shape index (κ1) is 27.2. The maximum absolute atomic E-state index is 13.0. The normalized spacial score (nSPS) is 13.3. The second-order valence-electron chi connectivity index (χ2n) is 8.88. The van der Waals surface area contributed by atoms with E-state index in [0.29, 0.717) is 48.1 Å². The van der Waals surface area contributed by atoms with Crippen molar-refractivity contribution in [3.63, 3.8) is 0 Å². The molecule has 1 aromatic heterocycles. The van der Waals surface area contributed by atoms with Crippen molar-refractivity contribution >= 4 is 43.8 Å². The summed E-state index contributed by atoms with van der Waals surface area (Å²) < 4.78 is 39.8. The Labute approximate surface area is 220 Å². The molecule has 0 aliphatic rings. The Morgan fingerprint density at radius 2 is 1.66 bits per heavy atom. The number of ether oxygens (including phenoxy) is 1. The predicted octanol–water partition coefficient (Wildman–Crippen LogP) is 4.46. The van der Waals surface area contributed by atoms with E-state index in [-0.39, 0.29) is 17.2 Å². The van der Waals surface area contributed by atoms with Gasteiger partial charge < -0.3 is 19.6 Å². The van der Waals surface area contributed by atoms with Crippen molar-refractivity contribution in [1.82, 2.24) is 10.0 Å². The second kappa shape index (κ2) is 12.1. The number of hydrogen-bond donors (Lipinski definition) is 3. The van der Waals surface area contributed by atoms with Gasteiger partial charge in [0.15, 0.2) is 6.10 Å². The van der Waals surface area contributed by atoms with E-state index in [2.05, 4.69) is 10.0 Å². The lowest BCUT2D eigenvalue weighted by Gasteiger charge is -2.18. The average Bonchev–Trinajstić information content (AvgIpc) is 3.29. The number of rotatable bonds is 13. The van der Waals surface area contributed by atoms with Crippen LogP contribution in [-0.4, -0.2) is 44.1 Å². The molecule has 0 fully saturated rings. The minimum atomic E-state index is -4.10. The zero-order valence-corrected chi connectivity index (χ0v) is 21.7. The number of sulfonamides is 1. The first-order chi connectivity index (χ1) is 18.3. The summed E-state index contributed by atoms with van der Waals surface area (Å²) >= 11 is 0. The monoisotopic (exact) mass is 538 g/mol. The van der Waals surface area contributed by atoms with Crippen LogP contribution in [0.2, 0.25) is 0 Å². The fraction of sp³-hybridized carbons (Fsp3) is 0.286. The molecule has 1 heterocycles. The molecule has 200 valence electrons. The van der Waals surface area contributed by atoms with Gasteiger partial charge in [0.2, 0.25) is 10.0 Å². The van der Waals surface area contributed by atoms with Crippen LogP contribution in [0, 0.1) is 0 Å². The number of fused-ring (bicyclic) bond motifs is 3. The van der Waals surface area contributed by atoms with Gasteiger partial charge in [0.1, 0.15) is 23.0 Å². The van der Waals surface area contributed by atoms with E-state index in [4.69, 9.17) is 9.15 Å². The van der Waals surface area contributed by atoms with E-state index >= 15 is 0 Å². The number of carbonyl (C=O) groups excluding carboxylic acids is 1. The summed E-state index contributed by atoms with van der Waals surface area (Å²) in [6, 6.07) is 19.5. The molecule has 9 nitrogen and oxygen atoms in total. The molecule has 0 bridgehead atoms. The van der Waals surface area contributed by atoms with Crippen LogP contribution in [0.25, 0.3) is 21.9 Å². The van der Waals surface area contributed by atoms with Crippen LogP contribution < -0.4 is 14.8 Å². The number of amides is 1.